The number of hydrogen-bond acceptors (Lipinski definition) is 2. The Morgan fingerprint density at radius 1 is 0.425 bits per heavy atom. The molecule has 0 bridgehead atoms. The number of hydrogen-bond donors (Lipinski definition) is 0. The number of para-hydroxylation sites is 4. The predicted molar refractivity (Wildman–Crippen MR) is 344 cm³/mol. The maximum absolute atomic E-state index is 2.76. The van der Waals surface area contributed by atoms with Crippen molar-refractivity contribution in [1.82, 2.24) is 13.7 Å². The average Bonchev–Trinajstić information content (AvgIpc) is 4.23. The van der Waals surface area contributed by atoms with Crippen LogP contribution in [0.5, 0.6) is 0 Å². The van der Waals surface area contributed by atoms with Gasteiger partial charge in [-0.1, -0.05) is 182 Å². The van der Waals surface area contributed by atoms with Gasteiger partial charge >= 0.3 is 0 Å². The third kappa shape index (κ3) is 6.18. The maximum Gasteiger partial charge on any atom is 0.264 e. The van der Waals surface area contributed by atoms with Gasteiger partial charge in [-0.15, -0.1) is 11.3 Å². The number of aromatic nitrogens is 3. The van der Waals surface area contributed by atoms with Crippen LogP contribution in [0.25, 0.3) is 104 Å². The average molecular weight is 1050 g/mol. The summed E-state index contributed by atoms with van der Waals surface area (Å²) in [7, 11) is 0. The van der Waals surface area contributed by atoms with E-state index in [1.54, 1.807) is 0 Å². The molecule has 0 saturated carbocycles. The Labute approximate surface area is 470 Å². The van der Waals surface area contributed by atoms with Crippen molar-refractivity contribution in [2.24, 2.45) is 0 Å². The Kier molecular flexibility index (Phi) is 9.30. The summed E-state index contributed by atoms with van der Waals surface area (Å²) < 4.78 is 10.6. The zero-order chi connectivity index (χ0) is 53.7. The van der Waals surface area contributed by atoms with Crippen LogP contribution in [0.2, 0.25) is 0 Å². The van der Waals surface area contributed by atoms with E-state index >= 15 is 0 Å². The van der Waals surface area contributed by atoms with Crippen molar-refractivity contribution in [3.8, 4) is 28.2 Å². The van der Waals surface area contributed by atoms with Crippen LogP contribution in [-0.4, -0.2) is 20.4 Å². The largest absolute Gasteiger partial charge is 0.308 e. The molecule has 1 aliphatic carbocycles. The van der Waals surface area contributed by atoms with Crippen LogP contribution in [0, 0.1) is 0 Å². The van der Waals surface area contributed by atoms with Crippen molar-refractivity contribution in [1.29, 1.82) is 0 Å². The van der Waals surface area contributed by atoms with Gasteiger partial charge in [0.05, 0.1) is 44.6 Å². The van der Waals surface area contributed by atoms with Crippen LogP contribution in [0.1, 0.15) is 78.0 Å². The summed E-state index contributed by atoms with van der Waals surface area (Å²) in [6, 6.07) is 79.1. The lowest BCUT2D eigenvalue weighted by atomic mass is 9.36. The van der Waals surface area contributed by atoms with E-state index in [0.717, 1.165) is 18.5 Å². The molecular formula is C74H59BN4S. The van der Waals surface area contributed by atoms with Crippen molar-refractivity contribution in [2.75, 3.05) is 4.90 Å². The first kappa shape index (κ1) is 46.3. The fourth-order valence-electron chi connectivity index (χ4n) is 15.0. The second-order valence-corrected chi connectivity index (χ2v) is 26.6. The van der Waals surface area contributed by atoms with Gasteiger partial charge in [0.2, 0.25) is 0 Å². The standard InChI is InChI=1S/C74H59BN4S/c1-72(2,3)46-30-37-64-55(42-46)69-71(80-64)75-58-41-45(44-20-10-8-11-21-44)40-54-53-33-32-52-51-26-16-17-27-59(51)76(47-22-12-9-13-23-47)67(52)68(53)79(66(54)58)62-35-36-63(78-60-28-18-14-24-49(60)50-25-15-19-29-61(50)78)70(65(62)75)77(69)48-31-34-56-57(43-48)74(6,7)39-38-73(56,4)5/h8-37,40-43H,38-39H2,1-7H3. The molecule has 4 nitrogen and oxygen atoms in total. The number of nitrogens with zero attached hydrogens (tertiary/aromatic N) is 4. The van der Waals surface area contributed by atoms with E-state index < -0.39 is 0 Å². The molecule has 0 amide bonds. The molecule has 0 spiro atoms. The minimum absolute atomic E-state index is 0.00502. The third-order valence-corrected chi connectivity index (χ3v) is 20.2. The molecule has 6 heterocycles. The quantitative estimate of drug-likeness (QED) is 0.161. The van der Waals surface area contributed by atoms with Crippen LogP contribution < -0.4 is 20.6 Å². The van der Waals surface area contributed by atoms with Gasteiger partial charge in [-0.3, -0.25) is 0 Å². The van der Waals surface area contributed by atoms with E-state index in [-0.39, 0.29) is 23.0 Å². The highest BCUT2D eigenvalue weighted by Crippen LogP contribution is 2.54. The van der Waals surface area contributed by atoms with Crippen molar-refractivity contribution in [3.63, 3.8) is 0 Å². The molecule has 80 heavy (non-hydrogen) atoms. The number of anilines is 3. The smallest absolute Gasteiger partial charge is 0.264 e. The van der Waals surface area contributed by atoms with Crippen molar-refractivity contribution in [3.05, 3.63) is 223 Å². The number of thiophene rings is 1. The molecular weight excluding hydrogens is 988 g/mol. The summed E-state index contributed by atoms with van der Waals surface area (Å²) in [6.45, 7) is 16.9. The van der Waals surface area contributed by atoms with Gasteiger partial charge in [0.15, 0.2) is 0 Å². The Morgan fingerprint density at radius 3 is 1.70 bits per heavy atom. The molecule has 10 aromatic carbocycles. The van der Waals surface area contributed by atoms with Gasteiger partial charge < -0.3 is 18.6 Å². The van der Waals surface area contributed by atoms with Crippen LogP contribution >= 0.6 is 11.3 Å². The van der Waals surface area contributed by atoms with E-state index in [1.807, 2.05) is 11.3 Å². The second-order valence-electron chi connectivity index (χ2n) is 25.5. The van der Waals surface area contributed by atoms with E-state index in [2.05, 4.69) is 273 Å². The molecule has 2 aliphatic heterocycles. The molecule has 4 aromatic heterocycles. The van der Waals surface area contributed by atoms with Crippen LogP contribution in [0.15, 0.2) is 206 Å². The highest BCUT2D eigenvalue weighted by molar-refractivity contribution is 7.33. The highest BCUT2D eigenvalue weighted by atomic mass is 32.1. The number of benzene rings is 10. The van der Waals surface area contributed by atoms with Gasteiger partial charge in [-0.05, 0) is 141 Å². The highest BCUT2D eigenvalue weighted by Gasteiger charge is 2.47. The van der Waals surface area contributed by atoms with Crippen molar-refractivity contribution < 1.29 is 0 Å². The van der Waals surface area contributed by atoms with Gasteiger partial charge in [-0.25, -0.2) is 0 Å². The van der Waals surface area contributed by atoms with Gasteiger partial charge in [-0.2, -0.15) is 0 Å². The second kappa shape index (κ2) is 16.1. The lowest BCUT2D eigenvalue weighted by Gasteiger charge is -2.44. The van der Waals surface area contributed by atoms with Gasteiger partial charge in [0.1, 0.15) is 0 Å². The molecule has 6 heteroatoms. The number of fused-ring (bicyclic) bond motifs is 17. The minimum Gasteiger partial charge on any atom is -0.308 e. The molecule has 384 valence electrons. The fraction of sp³-hybridized carbons (Fsp3) is 0.162. The molecule has 0 radical (unpaired) electrons. The first-order chi connectivity index (χ1) is 38.8. The Hall–Kier alpha value is -8.58. The first-order valence-electron chi connectivity index (χ1n) is 28.7. The van der Waals surface area contributed by atoms with Crippen molar-refractivity contribution in [2.45, 2.75) is 77.6 Å². The van der Waals surface area contributed by atoms with Crippen LogP contribution in [0.4, 0.5) is 17.1 Å². The molecule has 14 aromatic rings. The minimum atomic E-state index is -0.0961. The van der Waals surface area contributed by atoms with E-state index in [9.17, 15) is 0 Å². The summed E-state index contributed by atoms with van der Waals surface area (Å²) in [5, 5.41) is 8.87. The predicted octanol–water partition coefficient (Wildman–Crippen LogP) is 18.1. The molecule has 0 N–H and O–H groups in total. The fourth-order valence-corrected chi connectivity index (χ4v) is 16.3. The number of rotatable bonds is 4. The van der Waals surface area contributed by atoms with Crippen molar-refractivity contribution >= 4 is 126 Å². The normalized spacial score (nSPS) is 15.2. The summed E-state index contributed by atoms with van der Waals surface area (Å²) >= 11 is 2.00. The molecule has 0 saturated heterocycles. The summed E-state index contributed by atoms with van der Waals surface area (Å²) in [6.07, 6.45) is 2.30. The Morgan fingerprint density at radius 2 is 1.01 bits per heavy atom. The van der Waals surface area contributed by atoms with E-state index in [0.29, 0.717) is 0 Å². The molecule has 3 aliphatic rings. The summed E-state index contributed by atoms with van der Waals surface area (Å²) in [5.74, 6) is 0. The Balaban J connectivity index is 1.11. The van der Waals surface area contributed by atoms with Gasteiger partial charge in [0.25, 0.3) is 6.71 Å². The van der Waals surface area contributed by atoms with Crippen LogP contribution in [0.3, 0.4) is 0 Å². The first-order valence-corrected chi connectivity index (χ1v) is 29.5. The molecule has 0 fully saturated rings. The molecule has 0 unspecified atom stereocenters. The Bertz CT molecular complexity index is 4950. The maximum atomic E-state index is 2.76. The van der Waals surface area contributed by atoms with E-state index in [4.69, 9.17) is 0 Å². The zero-order valence-electron chi connectivity index (χ0n) is 46.3. The summed E-state index contributed by atoms with van der Waals surface area (Å²) in [4.78, 5) is 2.76. The topological polar surface area (TPSA) is 18.0 Å². The van der Waals surface area contributed by atoms with Crippen LogP contribution in [-0.2, 0) is 16.2 Å². The summed E-state index contributed by atoms with van der Waals surface area (Å²) in [5.41, 5.74) is 24.1. The van der Waals surface area contributed by atoms with E-state index in [1.165, 1.54) is 147 Å². The molecule has 0 atom stereocenters. The van der Waals surface area contributed by atoms with Gasteiger partial charge in [0, 0.05) is 69.8 Å². The SMILES string of the molecule is CC(C)(C)c1ccc2sc3c(c2c1)N(c1ccc2c(c1)C(C)(C)CCC2(C)C)c1c(-n2c4ccccc4c4ccccc42)ccc2c1B3c1cc(-c3ccccc3)cc3c4ccc5c6ccccc6n(-c6ccccc6)c5c4n-2c13. The lowest BCUT2D eigenvalue weighted by molar-refractivity contribution is 0.332. The zero-order valence-corrected chi connectivity index (χ0v) is 47.1. The monoisotopic (exact) mass is 1050 g/mol. The third-order valence-electron chi connectivity index (χ3n) is 19.0. The lowest BCUT2D eigenvalue weighted by Crippen LogP contribution is -2.59. The molecule has 17 rings (SSSR count).